The number of piperidine rings is 1. The minimum Gasteiger partial charge on any atom is -0.338 e. The number of aromatic nitrogens is 2. The van der Waals surface area contributed by atoms with Crippen LogP contribution in [-0.4, -0.2) is 94.5 Å². The summed E-state index contributed by atoms with van der Waals surface area (Å²) in [6.07, 6.45) is 3.60. The second-order valence-electron chi connectivity index (χ2n) is 9.52. The third-order valence-corrected chi connectivity index (χ3v) is 7.46. The van der Waals surface area contributed by atoms with E-state index in [1.54, 1.807) is 0 Å². The lowest BCUT2D eigenvalue weighted by Gasteiger charge is -2.52. The number of piperazine rings is 1. The molecule has 7 nitrogen and oxygen atoms in total. The molecule has 3 aliphatic rings. The molecule has 1 amide bonds. The van der Waals surface area contributed by atoms with Gasteiger partial charge in [-0.15, -0.1) is 0 Å². The van der Waals surface area contributed by atoms with Crippen molar-refractivity contribution in [3.63, 3.8) is 0 Å². The van der Waals surface area contributed by atoms with Gasteiger partial charge in [0.25, 0.3) is 5.91 Å². The summed E-state index contributed by atoms with van der Waals surface area (Å²) in [7, 11) is 0. The lowest BCUT2D eigenvalue weighted by Crippen LogP contribution is -2.63. The van der Waals surface area contributed by atoms with Gasteiger partial charge in [0.15, 0.2) is 0 Å². The number of aryl methyl sites for hydroxylation is 2. The minimum absolute atomic E-state index is 0.0925. The van der Waals surface area contributed by atoms with Crippen LogP contribution in [0.2, 0.25) is 0 Å². The van der Waals surface area contributed by atoms with Crippen LogP contribution in [0.4, 0.5) is 0 Å². The standard InChI is InChI=1S/C22H36N6O/c1-16-13-28(10-9-27(16)14-19-11-23-12-19)22(4)5-7-26(8-6-22)21(29)20-17(2)24-15-25-18(20)3/h15-16,19,23H,5-14H2,1-4H3/t16-/m0/s1. The molecule has 3 aliphatic heterocycles. The first kappa shape index (κ1) is 20.7. The van der Waals surface area contributed by atoms with Crippen molar-refractivity contribution in [1.29, 1.82) is 0 Å². The van der Waals surface area contributed by atoms with Gasteiger partial charge in [-0.3, -0.25) is 14.6 Å². The number of amides is 1. The molecular formula is C22H36N6O. The van der Waals surface area contributed by atoms with Crippen molar-refractivity contribution < 1.29 is 4.79 Å². The van der Waals surface area contributed by atoms with E-state index in [1.807, 2.05) is 18.7 Å². The highest BCUT2D eigenvalue weighted by molar-refractivity contribution is 5.96. The molecule has 0 aliphatic carbocycles. The Labute approximate surface area is 174 Å². The smallest absolute Gasteiger partial charge is 0.257 e. The summed E-state index contributed by atoms with van der Waals surface area (Å²) in [5.74, 6) is 0.928. The molecule has 0 bridgehead atoms. The van der Waals surface area contributed by atoms with Gasteiger partial charge in [0, 0.05) is 63.9 Å². The largest absolute Gasteiger partial charge is 0.338 e. The molecule has 7 heteroatoms. The molecule has 160 valence electrons. The van der Waals surface area contributed by atoms with E-state index in [0.29, 0.717) is 11.6 Å². The maximum absolute atomic E-state index is 13.1. The summed E-state index contributed by atoms with van der Waals surface area (Å²) in [5.41, 5.74) is 2.43. The highest BCUT2D eigenvalue weighted by Crippen LogP contribution is 2.31. The molecule has 4 heterocycles. The van der Waals surface area contributed by atoms with Crippen LogP contribution >= 0.6 is 0 Å². The number of rotatable bonds is 4. The van der Waals surface area contributed by atoms with E-state index in [1.165, 1.54) is 26.0 Å². The molecule has 0 aromatic carbocycles. The van der Waals surface area contributed by atoms with Gasteiger partial charge < -0.3 is 10.2 Å². The lowest BCUT2D eigenvalue weighted by molar-refractivity contribution is -0.0225. The highest BCUT2D eigenvalue weighted by atomic mass is 16.2. The van der Waals surface area contributed by atoms with Gasteiger partial charge in [-0.05, 0) is 46.5 Å². The minimum atomic E-state index is 0.0925. The number of carbonyl (C=O) groups excluding carboxylic acids is 1. The number of likely N-dealkylation sites (tertiary alicyclic amines) is 1. The molecule has 1 N–H and O–H groups in total. The maximum Gasteiger partial charge on any atom is 0.257 e. The predicted molar refractivity (Wildman–Crippen MR) is 114 cm³/mol. The van der Waals surface area contributed by atoms with E-state index in [0.717, 1.165) is 62.9 Å². The van der Waals surface area contributed by atoms with Gasteiger partial charge >= 0.3 is 0 Å². The number of hydrogen-bond donors (Lipinski definition) is 1. The number of hydrogen-bond acceptors (Lipinski definition) is 6. The predicted octanol–water partition coefficient (Wildman–Crippen LogP) is 1.31. The summed E-state index contributed by atoms with van der Waals surface area (Å²) in [6, 6.07) is 0.604. The van der Waals surface area contributed by atoms with E-state index in [4.69, 9.17) is 0 Å². The summed E-state index contributed by atoms with van der Waals surface area (Å²) in [5, 5.41) is 3.39. The topological polar surface area (TPSA) is 64.6 Å². The van der Waals surface area contributed by atoms with Crippen LogP contribution in [0.5, 0.6) is 0 Å². The molecule has 0 radical (unpaired) electrons. The number of nitrogens with zero attached hydrogens (tertiary/aromatic N) is 5. The molecule has 3 saturated heterocycles. The molecule has 3 fully saturated rings. The first-order valence-electron chi connectivity index (χ1n) is 11.1. The van der Waals surface area contributed by atoms with Gasteiger partial charge in [0.05, 0.1) is 17.0 Å². The van der Waals surface area contributed by atoms with Gasteiger partial charge in [0.2, 0.25) is 0 Å². The zero-order valence-corrected chi connectivity index (χ0v) is 18.4. The Morgan fingerprint density at radius 2 is 1.79 bits per heavy atom. The van der Waals surface area contributed by atoms with Crippen LogP contribution in [0.15, 0.2) is 6.33 Å². The summed E-state index contributed by atoms with van der Waals surface area (Å²) in [6.45, 7) is 17.2. The zero-order chi connectivity index (χ0) is 20.6. The van der Waals surface area contributed by atoms with Crippen LogP contribution in [-0.2, 0) is 0 Å². The lowest BCUT2D eigenvalue weighted by atomic mass is 9.86. The van der Waals surface area contributed by atoms with Crippen molar-refractivity contribution >= 4 is 5.91 Å². The van der Waals surface area contributed by atoms with Gasteiger partial charge in [0.1, 0.15) is 6.33 Å². The van der Waals surface area contributed by atoms with Crippen LogP contribution < -0.4 is 5.32 Å². The highest BCUT2D eigenvalue weighted by Gasteiger charge is 2.40. The Morgan fingerprint density at radius 3 is 2.34 bits per heavy atom. The molecule has 1 aromatic heterocycles. The van der Waals surface area contributed by atoms with Crippen molar-refractivity contribution in [3.05, 3.63) is 23.3 Å². The Kier molecular flexibility index (Phi) is 5.91. The van der Waals surface area contributed by atoms with E-state index in [-0.39, 0.29) is 11.4 Å². The normalized spacial score (nSPS) is 26.3. The monoisotopic (exact) mass is 400 g/mol. The molecule has 1 atom stereocenters. The fourth-order valence-electron chi connectivity index (χ4n) is 5.13. The third-order valence-electron chi connectivity index (χ3n) is 7.46. The Balaban J connectivity index is 1.34. The van der Waals surface area contributed by atoms with Crippen LogP contribution in [0, 0.1) is 19.8 Å². The van der Waals surface area contributed by atoms with Crippen molar-refractivity contribution in [2.24, 2.45) is 5.92 Å². The summed E-state index contributed by atoms with van der Waals surface area (Å²) in [4.78, 5) is 28.9. The molecule has 0 unspecified atom stereocenters. The van der Waals surface area contributed by atoms with Crippen LogP contribution in [0.1, 0.15) is 48.4 Å². The Bertz CT molecular complexity index is 721. The Morgan fingerprint density at radius 1 is 1.14 bits per heavy atom. The van der Waals surface area contributed by atoms with E-state index < -0.39 is 0 Å². The van der Waals surface area contributed by atoms with E-state index in [2.05, 4.69) is 38.9 Å². The second-order valence-corrected chi connectivity index (χ2v) is 9.52. The third kappa shape index (κ3) is 4.18. The molecular weight excluding hydrogens is 364 g/mol. The summed E-state index contributed by atoms with van der Waals surface area (Å²) >= 11 is 0. The van der Waals surface area contributed by atoms with Crippen molar-refractivity contribution in [2.45, 2.75) is 52.1 Å². The fourth-order valence-corrected chi connectivity index (χ4v) is 5.13. The van der Waals surface area contributed by atoms with Crippen LogP contribution in [0.3, 0.4) is 0 Å². The summed E-state index contributed by atoms with van der Waals surface area (Å²) < 4.78 is 0. The van der Waals surface area contributed by atoms with Crippen molar-refractivity contribution in [2.75, 3.05) is 52.4 Å². The average Bonchev–Trinajstić information content (AvgIpc) is 2.66. The molecule has 0 saturated carbocycles. The molecule has 0 spiro atoms. The fraction of sp³-hybridized carbons (Fsp3) is 0.773. The molecule has 4 rings (SSSR count). The van der Waals surface area contributed by atoms with Crippen molar-refractivity contribution in [3.8, 4) is 0 Å². The first-order chi connectivity index (χ1) is 13.9. The molecule has 29 heavy (non-hydrogen) atoms. The van der Waals surface area contributed by atoms with Crippen LogP contribution in [0.25, 0.3) is 0 Å². The molecule has 1 aromatic rings. The first-order valence-corrected chi connectivity index (χ1v) is 11.1. The average molecular weight is 401 g/mol. The van der Waals surface area contributed by atoms with Gasteiger partial charge in [-0.25, -0.2) is 9.97 Å². The maximum atomic E-state index is 13.1. The second kappa shape index (κ2) is 8.28. The van der Waals surface area contributed by atoms with E-state index >= 15 is 0 Å². The number of carbonyl (C=O) groups is 1. The van der Waals surface area contributed by atoms with Crippen molar-refractivity contribution in [1.82, 2.24) is 30.0 Å². The van der Waals surface area contributed by atoms with E-state index in [9.17, 15) is 4.79 Å². The SMILES string of the molecule is Cc1ncnc(C)c1C(=O)N1CCC(C)(N2CCN(CC3CNC3)[C@@H](C)C2)CC1. The van der Waals surface area contributed by atoms with Gasteiger partial charge in [-0.1, -0.05) is 0 Å². The zero-order valence-electron chi connectivity index (χ0n) is 18.4. The number of nitrogens with one attached hydrogen (secondary N) is 1. The Hall–Kier alpha value is -1.57. The van der Waals surface area contributed by atoms with Gasteiger partial charge in [-0.2, -0.15) is 0 Å². The quantitative estimate of drug-likeness (QED) is 0.822.